The first kappa shape index (κ1) is 15.4. The zero-order valence-electron chi connectivity index (χ0n) is 12.0. The fraction of sp³-hybridized carbons (Fsp3) is 0.929. The maximum Gasteiger partial charge on any atom is 0.237 e. The van der Waals surface area contributed by atoms with Crippen LogP contribution in [-0.4, -0.2) is 35.2 Å². The van der Waals surface area contributed by atoms with E-state index in [-0.39, 0.29) is 11.9 Å². The summed E-state index contributed by atoms with van der Waals surface area (Å²) in [5.74, 6) is 0.0498. The second-order valence-electron chi connectivity index (χ2n) is 5.80. The second kappa shape index (κ2) is 7.10. The van der Waals surface area contributed by atoms with Crippen LogP contribution < -0.4 is 10.6 Å². The van der Waals surface area contributed by atoms with Crippen LogP contribution in [0, 0.1) is 0 Å². The summed E-state index contributed by atoms with van der Waals surface area (Å²) in [6.07, 6.45) is 6.61. The molecule has 1 rings (SSSR count). The molecule has 2 unspecified atom stereocenters. The van der Waals surface area contributed by atoms with E-state index in [1.54, 1.807) is 6.92 Å². The predicted octanol–water partition coefficient (Wildman–Crippen LogP) is 1.57. The quantitative estimate of drug-likeness (QED) is 0.676. The molecule has 1 saturated carbocycles. The van der Waals surface area contributed by atoms with Crippen LogP contribution in [0.2, 0.25) is 0 Å². The van der Waals surface area contributed by atoms with Crippen LogP contribution >= 0.6 is 0 Å². The molecule has 1 aliphatic rings. The van der Waals surface area contributed by atoms with E-state index >= 15 is 0 Å². The van der Waals surface area contributed by atoms with Crippen molar-refractivity contribution in [3.63, 3.8) is 0 Å². The number of hydrogen-bond donors (Lipinski definition) is 3. The Morgan fingerprint density at radius 1 is 1.39 bits per heavy atom. The van der Waals surface area contributed by atoms with Gasteiger partial charge in [-0.3, -0.25) is 4.79 Å². The van der Waals surface area contributed by atoms with Crippen LogP contribution in [-0.2, 0) is 4.79 Å². The fourth-order valence-corrected chi connectivity index (χ4v) is 2.16. The normalized spacial score (nSPS) is 22.2. The number of aliphatic hydroxyl groups is 1. The molecule has 0 bridgehead atoms. The largest absolute Gasteiger partial charge is 0.389 e. The van der Waals surface area contributed by atoms with Gasteiger partial charge in [-0.15, -0.1) is 0 Å². The third-order valence-corrected chi connectivity index (χ3v) is 3.90. The number of hydrogen-bond acceptors (Lipinski definition) is 3. The Morgan fingerprint density at radius 3 is 2.56 bits per heavy atom. The minimum absolute atomic E-state index is 0.0498. The third kappa shape index (κ3) is 5.36. The van der Waals surface area contributed by atoms with Gasteiger partial charge in [0.1, 0.15) is 0 Å². The Bertz CT molecular complexity index is 261. The van der Waals surface area contributed by atoms with Gasteiger partial charge in [-0.1, -0.05) is 26.2 Å². The lowest BCUT2D eigenvalue weighted by atomic mass is 9.95. The Morgan fingerprint density at radius 2 is 2.00 bits per heavy atom. The molecular formula is C14H28N2O2. The first-order chi connectivity index (χ1) is 8.44. The smallest absolute Gasteiger partial charge is 0.237 e. The maximum atomic E-state index is 12.0. The van der Waals surface area contributed by atoms with Crippen molar-refractivity contribution in [3.05, 3.63) is 0 Å². The summed E-state index contributed by atoms with van der Waals surface area (Å²) in [5, 5.41) is 16.1. The maximum absolute atomic E-state index is 12.0. The monoisotopic (exact) mass is 256 g/mol. The number of carbonyl (C=O) groups is 1. The van der Waals surface area contributed by atoms with Gasteiger partial charge >= 0.3 is 0 Å². The van der Waals surface area contributed by atoms with Crippen LogP contribution in [0.25, 0.3) is 0 Å². The SMILES string of the molecule is CCC(C)(O)CNC(C)C(=O)NC1CCCCC1. The summed E-state index contributed by atoms with van der Waals surface area (Å²) in [7, 11) is 0. The molecule has 0 saturated heterocycles. The molecule has 0 aliphatic heterocycles. The van der Waals surface area contributed by atoms with Gasteiger partial charge in [0.2, 0.25) is 5.91 Å². The molecule has 3 N–H and O–H groups in total. The van der Waals surface area contributed by atoms with Crippen molar-refractivity contribution >= 4 is 5.91 Å². The molecule has 0 radical (unpaired) electrons. The van der Waals surface area contributed by atoms with Crippen molar-refractivity contribution in [2.45, 2.75) is 77.0 Å². The van der Waals surface area contributed by atoms with Gasteiger partial charge in [0.25, 0.3) is 0 Å². The van der Waals surface area contributed by atoms with Crippen molar-refractivity contribution in [1.29, 1.82) is 0 Å². The highest BCUT2D eigenvalue weighted by Gasteiger charge is 2.22. The average Bonchev–Trinajstić information content (AvgIpc) is 2.37. The molecule has 1 amide bonds. The van der Waals surface area contributed by atoms with E-state index < -0.39 is 5.60 Å². The third-order valence-electron chi connectivity index (χ3n) is 3.90. The van der Waals surface area contributed by atoms with Crippen molar-refractivity contribution in [2.24, 2.45) is 0 Å². The van der Waals surface area contributed by atoms with Gasteiger partial charge in [-0.05, 0) is 33.1 Å². The highest BCUT2D eigenvalue weighted by molar-refractivity contribution is 5.81. The molecule has 0 aromatic heterocycles. The Balaban J connectivity index is 2.27. The standard InChI is InChI=1S/C14H28N2O2/c1-4-14(3,18)10-15-11(2)13(17)16-12-8-6-5-7-9-12/h11-12,15,18H,4-10H2,1-3H3,(H,16,17). The minimum Gasteiger partial charge on any atom is -0.389 e. The fourth-order valence-electron chi connectivity index (χ4n) is 2.16. The molecule has 106 valence electrons. The summed E-state index contributed by atoms with van der Waals surface area (Å²) in [5.41, 5.74) is -0.737. The molecule has 1 fully saturated rings. The number of carbonyl (C=O) groups excluding carboxylic acids is 1. The van der Waals surface area contributed by atoms with E-state index in [2.05, 4.69) is 10.6 Å². The van der Waals surface area contributed by atoms with Gasteiger partial charge < -0.3 is 15.7 Å². The summed E-state index contributed by atoms with van der Waals surface area (Å²) < 4.78 is 0. The van der Waals surface area contributed by atoms with E-state index in [4.69, 9.17) is 0 Å². The van der Waals surface area contributed by atoms with Crippen LogP contribution in [0.15, 0.2) is 0 Å². The zero-order valence-corrected chi connectivity index (χ0v) is 12.0. The summed E-state index contributed by atoms with van der Waals surface area (Å²) >= 11 is 0. The molecule has 0 spiro atoms. The lowest BCUT2D eigenvalue weighted by Gasteiger charge is -2.27. The lowest BCUT2D eigenvalue weighted by Crippen LogP contribution is -2.50. The van der Waals surface area contributed by atoms with Crippen molar-refractivity contribution in [2.75, 3.05) is 6.54 Å². The van der Waals surface area contributed by atoms with E-state index in [1.165, 1.54) is 19.3 Å². The molecule has 2 atom stereocenters. The first-order valence-electron chi connectivity index (χ1n) is 7.21. The Kier molecular flexibility index (Phi) is 6.09. The number of nitrogens with one attached hydrogen (secondary N) is 2. The molecule has 18 heavy (non-hydrogen) atoms. The van der Waals surface area contributed by atoms with Crippen molar-refractivity contribution < 1.29 is 9.90 Å². The van der Waals surface area contributed by atoms with Crippen molar-refractivity contribution in [1.82, 2.24) is 10.6 Å². The lowest BCUT2D eigenvalue weighted by molar-refractivity contribution is -0.123. The average molecular weight is 256 g/mol. The van der Waals surface area contributed by atoms with Gasteiger partial charge in [0.15, 0.2) is 0 Å². The van der Waals surface area contributed by atoms with Crippen LogP contribution in [0.4, 0.5) is 0 Å². The Hall–Kier alpha value is -0.610. The molecule has 0 heterocycles. The summed E-state index contributed by atoms with van der Waals surface area (Å²) in [6, 6.07) is 0.104. The van der Waals surface area contributed by atoms with Crippen LogP contribution in [0.1, 0.15) is 59.3 Å². The van der Waals surface area contributed by atoms with Crippen LogP contribution in [0.5, 0.6) is 0 Å². The number of rotatable bonds is 6. The first-order valence-corrected chi connectivity index (χ1v) is 7.21. The van der Waals surface area contributed by atoms with Gasteiger partial charge in [0, 0.05) is 12.6 Å². The number of amides is 1. The second-order valence-corrected chi connectivity index (χ2v) is 5.80. The van der Waals surface area contributed by atoms with Gasteiger partial charge in [-0.25, -0.2) is 0 Å². The topological polar surface area (TPSA) is 61.4 Å². The van der Waals surface area contributed by atoms with Crippen molar-refractivity contribution in [3.8, 4) is 0 Å². The predicted molar refractivity (Wildman–Crippen MR) is 73.4 cm³/mol. The molecule has 0 aromatic carbocycles. The highest BCUT2D eigenvalue weighted by atomic mass is 16.3. The summed E-state index contributed by atoms with van der Waals surface area (Å²) in [4.78, 5) is 12.0. The Labute approximate surface area is 111 Å². The molecular weight excluding hydrogens is 228 g/mol. The van der Waals surface area contributed by atoms with Gasteiger partial charge in [0.05, 0.1) is 11.6 Å². The van der Waals surface area contributed by atoms with Crippen LogP contribution in [0.3, 0.4) is 0 Å². The molecule has 0 aromatic rings. The zero-order chi connectivity index (χ0) is 13.6. The molecule has 4 nitrogen and oxygen atoms in total. The summed E-state index contributed by atoms with van der Waals surface area (Å²) in [6.45, 7) is 6.02. The highest BCUT2D eigenvalue weighted by Crippen LogP contribution is 2.17. The van der Waals surface area contributed by atoms with E-state index in [0.717, 1.165) is 12.8 Å². The van der Waals surface area contributed by atoms with E-state index in [1.807, 2.05) is 13.8 Å². The molecule has 1 aliphatic carbocycles. The minimum atomic E-state index is -0.737. The van der Waals surface area contributed by atoms with E-state index in [0.29, 0.717) is 19.0 Å². The molecule has 4 heteroatoms. The van der Waals surface area contributed by atoms with E-state index in [9.17, 15) is 9.90 Å². The van der Waals surface area contributed by atoms with Gasteiger partial charge in [-0.2, -0.15) is 0 Å².